The van der Waals surface area contributed by atoms with E-state index in [1.54, 1.807) is 44.2 Å². The molecule has 114 valence electrons. The second-order valence-electron chi connectivity index (χ2n) is 4.60. The van der Waals surface area contributed by atoms with Crippen LogP contribution in [0.15, 0.2) is 30.3 Å². The standard InChI is InChI=1S/C14H18N2O5/c1-9(2)15-14(20)16-11(17)8-21-13(19)12(18)10-6-4-3-5-7-10/h3-7,9,12,18H,8H2,1-2H3,(H2,15,16,17,20)/t12-/m1/s1. The molecule has 1 aromatic carbocycles. The molecule has 7 nitrogen and oxygen atoms in total. The number of nitrogens with one attached hydrogen (secondary N) is 2. The lowest BCUT2D eigenvalue weighted by molar-refractivity contribution is -0.157. The van der Waals surface area contributed by atoms with Crippen molar-refractivity contribution in [1.82, 2.24) is 10.6 Å². The van der Waals surface area contributed by atoms with Crippen LogP contribution in [0.1, 0.15) is 25.5 Å². The van der Waals surface area contributed by atoms with E-state index in [4.69, 9.17) is 0 Å². The van der Waals surface area contributed by atoms with Gasteiger partial charge in [-0.2, -0.15) is 0 Å². The van der Waals surface area contributed by atoms with E-state index >= 15 is 0 Å². The van der Waals surface area contributed by atoms with Gasteiger partial charge < -0.3 is 15.2 Å². The summed E-state index contributed by atoms with van der Waals surface area (Å²) in [5.41, 5.74) is 0.362. The topological polar surface area (TPSA) is 105 Å². The monoisotopic (exact) mass is 294 g/mol. The largest absolute Gasteiger partial charge is 0.453 e. The zero-order valence-electron chi connectivity index (χ0n) is 11.8. The summed E-state index contributed by atoms with van der Waals surface area (Å²) < 4.78 is 4.64. The minimum absolute atomic E-state index is 0.125. The number of rotatable bonds is 5. The van der Waals surface area contributed by atoms with Crippen LogP contribution < -0.4 is 10.6 Å². The Balaban J connectivity index is 2.39. The maximum atomic E-state index is 11.6. The van der Waals surface area contributed by atoms with Gasteiger partial charge in [-0.15, -0.1) is 0 Å². The first-order valence-corrected chi connectivity index (χ1v) is 6.40. The van der Waals surface area contributed by atoms with Crippen LogP contribution in [0.25, 0.3) is 0 Å². The summed E-state index contributed by atoms with van der Waals surface area (Å²) in [6.45, 7) is 2.83. The molecule has 0 aliphatic rings. The first kappa shape index (κ1) is 16.6. The van der Waals surface area contributed by atoms with Gasteiger partial charge in [-0.1, -0.05) is 30.3 Å². The Morgan fingerprint density at radius 1 is 1.19 bits per heavy atom. The van der Waals surface area contributed by atoms with Gasteiger partial charge in [0.2, 0.25) is 0 Å². The second kappa shape index (κ2) is 8.01. The summed E-state index contributed by atoms with van der Waals surface area (Å²) in [7, 11) is 0. The Bertz CT molecular complexity index is 501. The first-order valence-electron chi connectivity index (χ1n) is 6.40. The molecule has 0 aliphatic carbocycles. The van der Waals surface area contributed by atoms with Gasteiger partial charge in [0.25, 0.3) is 5.91 Å². The van der Waals surface area contributed by atoms with Crippen LogP contribution in [0.2, 0.25) is 0 Å². The smallest absolute Gasteiger partial charge is 0.340 e. The molecule has 0 saturated heterocycles. The molecule has 0 unspecified atom stereocenters. The number of ether oxygens (including phenoxy) is 1. The van der Waals surface area contributed by atoms with Crippen LogP contribution in [-0.4, -0.2) is 35.7 Å². The number of urea groups is 1. The van der Waals surface area contributed by atoms with Gasteiger partial charge in [-0.3, -0.25) is 10.1 Å². The van der Waals surface area contributed by atoms with Crippen molar-refractivity contribution in [1.29, 1.82) is 0 Å². The van der Waals surface area contributed by atoms with Crippen molar-refractivity contribution in [3.8, 4) is 0 Å². The predicted molar refractivity (Wildman–Crippen MR) is 74.2 cm³/mol. The minimum Gasteiger partial charge on any atom is -0.453 e. The second-order valence-corrected chi connectivity index (χ2v) is 4.60. The highest BCUT2D eigenvalue weighted by Crippen LogP contribution is 2.13. The highest BCUT2D eigenvalue weighted by Gasteiger charge is 2.20. The van der Waals surface area contributed by atoms with Crippen LogP contribution in [0, 0.1) is 0 Å². The van der Waals surface area contributed by atoms with Gasteiger partial charge in [-0.05, 0) is 19.4 Å². The van der Waals surface area contributed by atoms with E-state index in [-0.39, 0.29) is 6.04 Å². The van der Waals surface area contributed by atoms with Gasteiger partial charge in [0, 0.05) is 6.04 Å². The number of benzene rings is 1. The molecule has 0 fully saturated rings. The Kier molecular flexibility index (Phi) is 6.35. The average Bonchev–Trinajstić information content (AvgIpc) is 2.43. The number of hydrogen-bond acceptors (Lipinski definition) is 5. The molecule has 1 rings (SSSR count). The van der Waals surface area contributed by atoms with E-state index in [2.05, 4.69) is 10.1 Å². The van der Waals surface area contributed by atoms with E-state index in [1.807, 2.05) is 5.32 Å². The third kappa shape index (κ3) is 6.05. The fourth-order valence-corrected chi connectivity index (χ4v) is 1.45. The number of esters is 1. The van der Waals surface area contributed by atoms with Gasteiger partial charge in [0.05, 0.1) is 0 Å². The van der Waals surface area contributed by atoms with Crippen LogP contribution in [0.3, 0.4) is 0 Å². The van der Waals surface area contributed by atoms with E-state index in [1.165, 1.54) is 0 Å². The summed E-state index contributed by atoms with van der Waals surface area (Å²) in [5, 5.41) is 14.2. The van der Waals surface area contributed by atoms with Gasteiger partial charge in [0.15, 0.2) is 12.7 Å². The van der Waals surface area contributed by atoms with Crippen LogP contribution >= 0.6 is 0 Å². The molecule has 1 aromatic rings. The number of aliphatic hydroxyl groups excluding tert-OH is 1. The van der Waals surface area contributed by atoms with Gasteiger partial charge in [0.1, 0.15) is 0 Å². The Morgan fingerprint density at radius 2 is 1.81 bits per heavy atom. The Labute approximate surface area is 122 Å². The van der Waals surface area contributed by atoms with Crippen molar-refractivity contribution in [2.75, 3.05) is 6.61 Å². The Hall–Kier alpha value is -2.41. The lowest BCUT2D eigenvalue weighted by Gasteiger charge is -2.11. The predicted octanol–water partition coefficient (Wildman–Crippen LogP) is 0.497. The summed E-state index contributed by atoms with van der Waals surface area (Å²) >= 11 is 0. The number of imide groups is 1. The third-order valence-corrected chi connectivity index (χ3v) is 2.36. The summed E-state index contributed by atoms with van der Waals surface area (Å²) in [6, 6.07) is 7.38. The van der Waals surface area contributed by atoms with Crippen molar-refractivity contribution in [3.05, 3.63) is 35.9 Å². The van der Waals surface area contributed by atoms with Crippen molar-refractivity contribution in [2.24, 2.45) is 0 Å². The molecule has 1 atom stereocenters. The zero-order chi connectivity index (χ0) is 15.8. The molecule has 3 amide bonds. The SMILES string of the molecule is CC(C)NC(=O)NC(=O)COC(=O)[C@H](O)c1ccccc1. The molecule has 0 aliphatic heterocycles. The molecule has 21 heavy (non-hydrogen) atoms. The van der Waals surface area contributed by atoms with Crippen LogP contribution in [0.5, 0.6) is 0 Å². The zero-order valence-corrected chi connectivity index (χ0v) is 11.8. The van der Waals surface area contributed by atoms with E-state index in [9.17, 15) is 19.5 Å². The third-order valence-electron chi connectivity index (χ3n) is 2.36. The minimum atomic E-state index is -1.47. The Morgan fingerprint density at radius 3 is 2.38 bits per heavy atom. The average molecular weight is 294 g/mol. The number of aliphatic hydroxyl groups is 1. The molecule has 0 bridgehead atoms. The maximum absolute atomic E-state index is 11.6. The molecular weight excluding hydrogens is 276 g/mol. The highest BCUT2D eigenvalue weighted by molar-refractivity contribution is 5.95. The van der Waals surface area contributed by atoms with E-state index in [0.29, 0.717) is 5.56 Å². The number of hydrogen-bond donors (Lipinski definition) is 3. The first-order chi connectivity index (χ1) is 9.90. The number of amides is 3. The van der Waals surface area contributed by atoms with Crippen LogP contribution in [-0.2, 0) is 14.3 Å². The highest BCUT2D eigenvalue weighted by atomic mass is 16.5. The molecular formula is C14H18N2O5. The van der Waals surface area contributed by atoms with Gasteiger partial charge in [-0.25, -0.2) is 9.59 Å². The van der Waals surface area contributed by atoms with E-state index < -0.39 is 30.6 Å². The van der Waals surface area contributed by atoms with Crippen molar-refractivity contribution in [2.45, 2.75) is 26.0 Å². The van der Waals surface area contributed by atoms with Gasteiger partial charge >= 0.3 is 12.0 Å². The summed E-state index contributed by atoms with van der Waals surface area (Å²) in [6.07, 6.45) is -1.47. The fraction of sp³-hybridized carbons (Fsp3) is 0.357. The van der Waals surface area contributed by atoms with Crippen molar-refractivity contribution < 1.29 is 24.2 Å². The molecule has 0 aromatic heterocycles. The fourth-order valence-electron chi connectivity index (χ4n) is 1.45. The lowest BCUT2D eigenvalue weighted by atomic mass is 10.1. The number of carbonyl (C=O) groups is 3. The molecule has 0 radical (unpaired) electrons. The van der Waals surface area contributed by atoms with Crippen molar-refractivity contribution >= 4 is 17.9 Å². The van der Waals surface area contributed by atoms with E-state index in [0.717, 1.165) is 0 Å². The molecule has 0 saturated carbocycles. The summed E-state index contributed by atoms with van der Waals surface area (Å²) in [5.74, 6) is -1.73. The summed E-state index contributed by atoms with van der Waals surface area (Å²) in [4.78, 5) is 34.2. The molecule has 3 N–H and O–H groups in total. The van der Waals surface area contributed by atoms with Crippen LogP contribution in [0.4, 0.5) is 4.79 Å². The molecule has 7 heteroatoms. The maximum Gasteiger partial charge on any atom is 0.340 e. The number of carbonyl (C=O) groups excluding carboxylic acids is 3. The molecule has 0 heterocycles. The molecule has 0 spiro atoms. The lowest BCUT2D eigenvalue weighted by Crippen LogP contribution is -2.44. The normalized spacial score (nSPS) is 11.6. The quantitative estimate of drug-likeness (QED) is 0.686. The van der Waals surface area contributed by atoms with Crippen molar-refractivity contribution in [3.63, 3.8) is 0 Å².